The average Bonchev–Trinajstić information content (AvgIpc) is 2.85. The predicted octanol–water partition coefficient (Wildman–Crippen LogP) is 4.98. The summed E-state index contributed by atoms with van der Waals surface area (Å²) in [7, 11) is 0. The molecular formula is C28H30F3N5O2. The number of β-amino-alcohol motifs (C(OH)–C–C–N with tert-alkyl or cyclic N) is 1. The smallest absolute Gasteiger partial charge is 0.379 e. The highest BCUT2D eigenvalue weighted by atomic mass is 19.4. The lowest BCUT2D eigenvalue weighted by atomic mass is 9.86. The van der Waals surface area contributed by atoms with E-state index in [0.29, 0.717) is 31.1 Å². The Labute approximate surface area is 220 Å². The van der Waals surface area contributed by atoms with E-state index >= 15 is 0 Å². The fourth-order valence-electron chi connectivity index (χ4n) is 4.71. The highest BCUT2D eigenvalue weighted by molar-refractivity contribution is 5.97. The van der Waals surface area contributed by atoms with Crippen molar-refractivity contribution in [3.8, 4) is 12.1 Å². The van der Waals surface area contributed by atoms with Gasteiger partial charge in [0.2, 0.25) is 0 Å². The summed E-state index contributed by atoms with van der Waals surface area (Å²) in [6.07, 6.45) is -2.49. The van der Waals surface area contributed by atoms with Crippen molar-refractivity contribution in [2.24, 2.45) is 11.8 Å². The van der Waals surface area contributed by atoms with Crippen LogP contribution in [0, 0.1) is 34.5 Å². The SMILES string of the molecule is C/C1=C(/c2ccc(C#N)cn2)CC(C)CN(C[C@](C)(O)C(=O)Nc2ccc(C#N)c(C(F)(F)F)c2)CC1C. The van der Waals surface area contributed by atoms with E-state index in [9.17, 15) is 23.1 Å². The first-order chi connectivity index (χ1) is 17.7. The molecule has 0 aliphatic carbocycles. The van der Waals surface area contributed by atoms with Gasteiger partial charge < -0.3 is 10.4 Å². The molecule has 0 spiro atoms. The molecular weight excluding hydrogens is 495 g/mol. The standard InChI is InChI=1S/C28H30F3N5O2/c1-17-9-23(25-8-5-20(11-32)13-34-25)19(3)18(2)15-36(14-17)16-27(4,38)26(37)35-22-7-6-21(12-33)24(10-22)28(29,30)31/h5-8,10,13,17-18,38H,9,14-16H2,1-4H3,(H,35,37)/b23-19-/t17?,18?,27-/m0/s1. The number of rotatable bonds is 5. The van der Waals surface area contributed by atoms with Gasteiger partial charge in [-0.15, -0.1) is 0 Å². The van der Waals surface area contributed by atoms with Crippen LogP contribution < -0.4 is 5.32 Å². The minimum atomic E-state index is -4.76. The molecule has 0 saturated heterocycles. The first-order valence-corrected chi connectivity index (χ1v) is 12.2. The Morgan fingerprint density at radius 2 is 1.89 bits per heavy atom. The van der Waals surface area contributed by atoms with Crippen LogP contribution in [-0.2, 0) is 11.0 Å². The van der Waals surface area contributed by atoms with Crippen LogP contribution in [0.4, 0.5) is 18.9 Å². The van der Waals surface area contributed by atoms with E-state index in [1.54, 1.807) is 12.3 Å². The number of alkyl halides is 3. The Kier molecular flexibility index (Phi) is 8.61. The number of pyridine rings is 1. The number of nitrogens with zero attached hydrogens (tertiary/aromatic N) is 4. The number of carbonyl (C=O) groups excluding carboxylic acids is 1. The maximum absolute atomic E-state index is 13.3. The summed E-state index contributed by atoms with van der Waals surface area (Å²) in [6.45, 7) is 8.58. The molecule has 0 bridgehead atoms. The number of hydrogen-bond acceptors (Lipinski definition) is 6. The topological polar surface area (TPSA) is 113 Å². The van der Waals surface area contributed by atoms with Crippen LogP contribution in [0.1, 0.15) is 56.5 Å². The van der Waals surface area contributed by atoms with Gasteiger partial charge in [-0.25, -0.2) is 0 Å². The number of allylic oxidation sites excluding steroid dienone is 1. The molecule has 0 saturated carbocycles. The third kappa shape index (κ3) is 6.77. The van der Waals surface area contributed by atoms with Crippen molar-refractivity contribution in [3.05, 3.63) is 64.5 Å². The minimum absolute atomic E-state index is 0.0202. The quantitative estimate of drug-likeness (QED) is 0.569. The van der Waals surface area contributed by atoms with E-state index in [4.69, 9.17) is 10.5 Å². The second-order valence-electron chi connectivity index (χ2n) is 10.2. The fraction of sp³-hybridized carbons (Fsp3) is 0.429. The van der Waals surface area contributed by atoms with Crippen molar-refractivity contribution < 1.29 is 23.1 Å². The molecule has 10 heteroatoms. The highest BCUT2D eigenvalue weighted by Crippen LogP contribution is 2.34. The molecule has 0 radical (unpaired) electrons. The Balaban J connectivity index is 1.76. The van der Waals surface area contributed by atoms with Gasteiger partial charge >= 0.3 is 6.18 Å². The van der Waals surface area contributed by atoms with E-state index in [2.05, 4.69) is 23.3 Å². The van der Waals surface area contributed by atoms with E-state index in [1.807, 2.05) is 24.8 Å². The number of halogens is 3. The third-order valence-corrected chi connectivity index (χ3v) is 6.80. The maximum atomic E-state index is 13.3. The molecule has 2 heterocycles. The van der Waals surface area contributed by atoms with Crippen molar-refractivity contribution in [1.29, 1.82) is 10.5 Å². The molecule has 200 valence electrons. The molecule has 38 heavy (non-hydrogen) atoms. The maximum Gasteiger partial charge on any atom is 0.417 e. The Bertz CT molecular complexity index is 1300. The van der Waals surface area contributed by atoms with Crippen molar-refractivity contribution in [2.45, 2.75) is 45.9 Å². The minimum Gasteiger partial charge on any atom is -0.379 e. The second kappa shape index (κ2) is 11.3. The number of hydrogen-bond donors (Lipinski definition) is 2. The normalized spacial score (nSPS) is 22.4. The van der Waals surface area contributed by atoms with Gasteiger partial charge in [-0.2, -0.15) is 23.7 Å². The van der Waals surface area contributed by atoms with Gasteiger partial charge in [-0.05, 0) is 68.0 Å². The third-order valence-electron chi connectivity index (χ3n) is 6.80. The van der Waals surface area contributed by atoms with Crippen molar-refractivity contribution >= 4 is 17.2 Å². The summed E-state index contributed by atoms with van der Waals surface area (Å²) in [4.78, 5) is 19.4. The molecule has 2 unspecified atom stereocenters. The van der Waals surface area contributed by atoms with Gasteiger partial charge in [0.05, 0.1) is 28.5 Å². The number of nitrogens with one attached hydrogen (secondary N) is 1. The summed E-state index contributed by atoms with van der Waals surface area (Å²) >= 11 is 0. The number of aromatic nitrogens is 1. The zero-order valence-corrected chi connectivity index (χ0v) is 21.7. The van der Waals surface area contributed by atoms with Crippen LogP contribution in [0.15, 0.2) is 42.1 Å². The van der Waals surface area contributed by atoms with Gasteiger partial charge in [-0.3, -0.25) is 14.7 Å². The van der Waals surface area contributed by atoms with Crippen LogP contribution in [0.3, 0.4) is 0 Å². The number of nitriles is 2. The van der Waals surface area contributed by atoms with Crippen LogP contribution in [0.25, 0.3) is 5.57 Å². The highest BCUT2D eigenvalue weighted by Gasteiger charge is 2.37. The summed E-state index contributed by atoms with van der Waals surface area (Å²) < 4.78 is 39.9. The molecule has 2 N–H and O–H groups in total. The molecule has 1 aromatic heterocycles. The van der Waals surface area contributed by atoms with Crippen molar-refractivity contribution in [3.63, 3.8) is 0 Å². The summed E-state index contributed by atoms with van der Waals surface area (Å²) in [5, 5.41) is 31.4. The van der Waals surface area contributed by atoms with Crippen molar-refractivity contribution in [2.75, 3.05) is 25.0 Å². The zero-order valence-electron chi connectivity index (χ0n) is 21.7. The number of amides is 1. The van der Waals surface area contributed by atoms with Gasteiger partial charge in [0, 0.05) is 31.5 Å². The summed E-state index contributed by atoms with van der Waals surface area (Å²) in [5.41, 5.74) is -0.208. The lowest BCUT2D eigenvalue weighted by Crippen LogP contribution is -2.51. The fourth-order valence-corrected chi connectivity index (χ4v) is 4.71. The van der Waals surface area contributed by atoms with Crippen molar-refractivity contribution in [1.82, 2.24) is 9.88 Å². The first kappa shape index (κ1) is 28.8. The lowest BCUT2D eigenvalue weighted by Gasteiger charge is -2.36. The molecule has 0 fully saturated rings. The molecule has 1 amide bonds. The largest absolute Gasteiger partial charge is 0.417 e. The summed E-state index contributed by atoms with van der Waals surface area (Å²) in [5.74, 6) is -0.620. The van der Waals surface area contributed by atoms with Gasteiger partial charge in [0.25, 0.3) is 5.91 Å². The van der Waals surface area contributed by atoms with E-state index < -0.39 is 28.8 Å². The molecule has 1 aromatic carbocycles. The molecule has 2 aromatic rings. The van der Waals surface area contributed by atoms with Crippen LogP contribution in [0.5, 0.6) is 0 Å². The number of carbonyl (C=O) groups is 1. The number of benzene rings is 1. The second-order valence-corrected chi connectivity index (χ2v) is 10.2. The van der Waals surface area contributed by atoms with E-state index in [1.165, 1.54) is 19.1 Å². The predicted molar refractivity (Wildman–Crippen MR) is 136 cm³/mol. The molecule has 7 nitrogen and oxygen atoms in total. The zero-order chi connectivity index (χ0) is 28.3. The Morgan fingerprint density at radius 1 is 1.18 bits per heavy atom. The number of anilines is 1. The van der Waals surface area contributed by atoms with Gasteiger partial charge in [0.1, 0.15) is 6.07 Å². The van der Waals surface area contributed by atoms with Crippen LogP contribution >= 0.6 is 0 Å². The van der Waals surface area contributed by atoms with E-state index in [-0.39, 0.29) is 24.1 Å². The monoisotopic (exact) mass is 525 g/mol. The molecule has 1 aliphatic heterocycles. The molecule has 3 atom stereocenters. The summed E-state index contributed by atoms with van der Waals surface area (Å²) in [6, 6.07) is 10.0. The molecule has 3 rings (SSSR count). The Morgan fingerprint density at radius 3 is 2.47 bits per heavy atom. The van der Waals surface area contributed by atoms with Crippen LogP contribution in [0.2, 0.25) is 0 Å². The number of aliphatic hydroxyl groups is 1. The molecule has 1 aliphatic rings. The van der Waals surface area contributed by atoms with Crippen LogP contribution in [-0.4, -0.2) is 46.1 Å². The van der Waals surface area contributed by atoms with Gasteiger partial charge in [-0.1, -0.05) is 19.4 Å². The lowest BCUT2D eigenvalue weighted by molar-refractivity contribution is -0.138. The van der Waals surface area contributed by atoms with E-state index in [0.717, 1.165) is 22.9 Å². The van der Waals surface area contributed by atoms with Gasteiger partial charge in [0.15, 0.2) is 5.60 Å². The Hall–Kier alpha value is -3.73. The first-order valence-electron chi connectivity index (χ1n) is 12.2. The average molecular weight is 526 g/mol.